The first-order valence-electron chi connectivity index (χ1n) is 8.88. The summed E-state index contributed by atoms with van der Waals surface area (Å²) in [6.07, 6.45) is 0. The Morgan fingerprint density at radius 1 is 0.821 bits per heavy atom. The zero-order valence-corrected chi connectivity index (χ0v) is 15.6. The molecule has 0 saturated carbocycles. The first-order chi connectivity index (χ1) is 13.7. The molecule has 0 aromatic heterocycles. The fourth-order valence-electron chi connectivity index (χ4n) is 2.73. The number of amides is 1. The maximum Gasteiger partial charge on any atom is 0.337 e. The summed E-state index contributed by atoms with van der Waals surface area (Å²) in [6, 6.07) is 25.8. The number of benzene rings is 3. The summed E-state index contributed by atoms with van der Waals surface area (Å²) in [5, 5.41) is 0. The van der Waals surface area contributed by atoms with Crippen LogP contribution in [-0.2, 0) is 16.1 Å². The Hall–Kier alpha value is -3.60. The molecule has 3 aromatic carbocycles. The molecule has 5 nitrogen and oxygen atoms in total. The quantitative estimate of drug-likeness (QED) is 0.584. The molecule has 3 rings (SSSR count). The fourth-order valence-corrected chi connectivity index (χ4v) is 2.73. The third-order valence-corrected chi connectivity index (χ3v) is 4.19. The molecule has 0 atom stereocenters. The Morgan fingerprint density at radius 3 is 2.04 bits per heavy atom. The van der Waals surface area contributed by atoms with Gasteiger partial charge in [-0.2, -0.15) is 0 Å². The molecule has 0 aliphatic heterocycles. The van der Waals surface area contributed by atoms with Gasteiger partial charge in [0.1, 0.15) is 5.75 Å². The molecule has 142 valence electrons. The van der Waals surface area contributed by atoms with Gasteiger partial charge < -0.3 is 14.4 Å². The number of hydrogen-bond donors (Lipinski definition) is 0. The highest BCUT2D eigenvalue weighted by Gasteiger charge is 2.17. The van der Waals surface area contributed by atoms with Crippen molar-refractivity contribution in [2.24, 2.45) is 0 Å². The lowest BCUT2D eigenvalue weighted by atomic mass is 10.2. The molecule has 1 amide bonds. The molecule has 0 fully saturated rings. The van der Waals surface area contributed by atoms with Gasteiger partial charge in [-0.1, -0.05) is 48.5 Å². The fraction of sp³-hybridized carbons (Fsp3) is 0.130. The predicted molar refractivity (Wildman–Crippen MR) is 107 cm³/mol. The molecule has 0 aliphatic rings. The molecule has 28 heavy (non-hydrogen) atoms. The summed E-state index contributed by atoms with van der Waals surface area (Å²) in [7, 11) is 1.33. The van der Waals surface area contributed by atoms with Crippen LogP contribution in [0.15, 0.2) is 84.9 Å². The molecule has 0 aliphatic carbocycles. The number of carbonyl (C=O) groups excluding carboxylic acids is 2. The summed E-state index contributed by atoms with van der Waals surface area (Å²) in [5.41, 5.74) is 2.26. The second-order valence-corrected chi connectivity index (χ2v) is 6.11. The van der Waals surface area contributed by atoms with Crippen molar-refractivity contribution < 1.29 is 19.1 Å². The topological polar surface area (TPSA) is 55.8 Å². The third kappa shape index (κ3) is 4.98. The monoisotopic (exact) mass is 375 g/mol. The predicted octanol–water partition coefficient (Wildman–Crippen LogP) is 4.09. The first-order valence-corrected chi connectivity index (χ1v) is 8.88. The minimum Gasteiger partial charge on any atom is -0.484 e. The van der Waals surface area contributed by atoms with Crippen molar-refractivity contribution in [3.05, 3.63) is 96.1 Å². The largest absolute Gasteiger partial charge is 0.484 e. The van der Waals surface area contributed by atoms with Gasteiger partial charge in [0.25, 0.3) is 5.91 Å². The van der Waals surface area contributed by atoms with E-state index in [1.807, 2.05) is 60.7 Å². The Morgan fingerprint density at radius 2 is 1.43 bits per heavy atom. The lowest BCUT2D eigenvalue weighted by Gasteiger charge is -2.23. The maximum absolute atomic E-state index is 12.9. The lowest BCUT2D eigenvalue weighted by Crippen LogP contribution is -2.34. The smallest absolute Gasteiger partial charge is 0.337 e. The molecule has 0 spiro atoms. The Labute approximate surface area is 164 Å². The van der Waals surface area contributed by atoms with E-state index in [0.717, 1.165) is 11.3 Å². The highest BCUT2D eigenvalue weighted by molar-refractivity contribution is 5.94. The number of anilines is 1. The van der Waals surface area contributed by atoms with Crippen LogP contribution >= 0.6 is 0 Å². The van der Waals surface area contributed by atoms with Gasteiger partial charge in [-0.15, -0.1) is 0 Å². The number of rotatable bonds is 7. The van der Waals surface area contributed by atoms with E-state index in [4.69, 9.17) is 4.74 Å². The molecular formula is C23H21NO4. The number of esters is 1. The average Bonchev–Trinajstić information content (AvgIpc) is 2.77. The van der Waals surface area contributed by atoms with E-state index in [-0.39, 0.29) is 12.5 Å². The van der Waals surface area contributed by atoms with Gasteiger partial charge in [-0.25, -0.2) is 4.79 Å². The van der Waals surface area contributed by atoms with Crippen LogP contribution in [0.2, 0.25) is 0 Å². The van der Waals surface area contributed by atoms with Crippen molar-refractivity contribution >= 4 is 17.6 Å². The van der Waals surface area contributed by atoms with E-state index in [9.17, 15) is 9.59 Å². The highest BCUT2D eigenvalue weighted by Crippen LogP contribution is 2.18. The van der Waals surface area contributed by atoms with Gasteiger partial charge in [0, 0.05) is 5.69 Å². The van der Waals surface area contributed by atoms with Crippen LogP contribution < -0.4 is 9.64 Å². The van der Waals surface area contributed by atoms with Crippen molar-refractivity contribution in [2.75, 3.05) is 18.6 Å². The van der Waals surface area contributed by atoms with Crippen LogP contribution in [0.5, 0.6) is 5.75 Å². The van der Waals surface area contributed by atoms with Gasteiger partial charge in [0.2, 0.25) is 0 Å². The van der Waals surface area contributed by atoms with Crippen molar-refractivity contribution in [1.82, 2.24) is 0 Å². The second kappa shape index (κ2) is 9.37. The van der Waals surface area contributed by atoms with E-state index in [1.165, 1.54) is 7.11 Å². The average molecular weight is 375 g/mol. The van der Waals surface area contributed by atoms with Gasteiger partial charge in [0.15, 0.2) is 6.61 Å². The van der Waals surface area contributed by atoms with Crippen molar-refractivity contribution in [3.63, 3.8) is 0 Å². The molecule has 0 bridgehead atoms. The van der Waals surface area contributed by atoms with Gasteiger partial charge in [-0.05, 0) is 42.0 Å². The van der Waals surface area contributed by atoms with Gasteiger partial charge in [0.05, 0.1) is 19.2 Å². The van der Waals surface area contributed by atoms with Crippen LogP contribution in [0.1, 0.15) is 15.9 Å². The minimum atomic E-state index is -0.416. The second-order valence-electron chi connectivity index (χ2n) is 6.11. The zero-order valence-electron chi connectivity index (χ0n) is 15.6. The van der Waals surface area contributed by atoms with Crippen molar-refractivity contribution in [2.45, 2.75) is 6.54 Å². The van der Waals surface area contributed by atoms with Gasteiger partial charge >= 0.3 is 5.97 Å². The number of ether oxygens (including phenoxy) is 2. The first kappa shape index (κ1) is 19.2. The Balaban J connectivity index is 1.70. The summed E-state index contributed by atoms with van der Waals surface area (Å²) in [6.45, 7) is 0.341. The van der Waals surface area contributed by atoms with Crippen LogP contribution in [0.25, 0.3) is 0 Å². The molecule has 0 radical (unpaired) electrons. The van der Waals surface area contributed by atoms with Crippen LogP contribution in [0.4, 0.5) is 5.69 Å². The van der Waals surface area contributed by atoms with Crippen molar-refractivity contribution in [3.8, 4) is 5.75 Å². The Bertz CT molecular complexity index is 908. The number of carbonyl (C=O) groups is 2. The van der Waals surface area contributed by atoms with Crippen LogP contribution in [-0.4, -0.2) is 25.6 Å². The zero-order chi connectivity index (χ0) is 19.8. The van der Waals surface area contributed by atoms with E-state index in [2.05, 4.69) is 4.74 Å². The molecular weight excluding hydrogens is 354 g/mol. The SMILES string of the molecule is COC(=O)c1ccc(OCC(=O)N(Cc2ccccc2)c2ccccc2)cc1. The minimum absolute atomic E-state index is 0.112. The van der Waals surface area contributed by atoms with Crippen LogP contribution in [0.3, 0.4) is 0 Å². The molecule has 0 N–H and O–H groups in total. The maximum atomic E-state index is 12.9. The summed E-state index contributed by atoms with van der Waals surface area (Å²) in [4.78, 5) is 26.0. The Kier molecular flexibility index (Phi) is 6.41. The third-order valence-electron chi connectivity index (χ3n) is 4.19. The number of nitrogens with zero attached hydrogens (tertiary/aromatic N) is 1. The summed E-state index contributed by atoms with van der Waals surface area (Å²) < 4.78 is 10.3. The summed E-state index contributed by atoms with van der Waals surface area (Å²) >= 11 is 0. The molecule has 5 heteroatoms. The van der Waals surface area contributed by atoms with Crippen molar-refractivity contribution in [1.29, 1.82) is 0 Å². The van der Waals surface area contributed by atoms with E-state index >= 15 is 0 Å². The number of para-hydroxylation sites is 1. The molecule has 0 unspecified atom stereocenters. The molecule has 3 aromatic rings. The summed E-state index contributed by atoms with van der Waals surface area (Å²) in [5.74, 6) is -0.0680. The van der Waals surface area contributed by atoms with E-state index in [1.54, 1.807) is 29.2 Å². The van der Waals surface area contributed by atoms with E-state index in [0.29, 0.717) is 17.9 Å². The van der Waals surface area contributed by atoms with Gasteiger partial charge in [-0.3, -0.25) is 4.79 Å². The number of methoxy groups -OCH3 is 1. The highest BCUT2D eigenvalue weighted by atomic mass is 16.5. The molecule has 0 heterocycles. The number of hydrogen-bond acceptors (Lipinski definition) is 4. The van der Waals surface area contributed by atoms with Crippen LogP contribution in [0, 0.1) is 0 Å². The molecule has 0 saturated heterocycles. The lowest BCUT2D eigenvalue weighted by molar-refractivity contribution is -0.120. The standard InChI is InChI=1S/C23H21NO4/c1-27-23(26)19-12-14-21(15-13-19)28-17-22(25)24(20-10-6-3-7-11-20)16-18-8-4-2-5-9-18/h2-15H,16-17H2,1H3. The normalized spacial score (nSPS) is 10.2. The van der Waals surface area contributed by atoms with E-state index < -0.39 is 5.97 Å².